The number of hydrogen-bond donors (Lipinski definition) is 0. The summed E-state index contributed by atoms with van der Waals surface area (Å²) < 4.78 is 5.81. The summed E-state index contributed by atoms with van der Waals surface area (Å²) in [6.07, 6.45) is 2.46. The van der Waals surface area contributed by atoms with Crippen molar-refractivity contribution in [2.24, 2.45) is 0 Å². The molecule has 3 rings (SSSR count). The van der Waals surface area contributed by atoms with Gasteiger partial charge in [0.2, 0.25) is 11.8 Å². The topological polar surface area (TPSA) is 42.2 Å². The lowest BCUT2D eigenvalue weighted by Gasteiger charge is -2.22. The van der Waals surface area contributed by atoms with Crippen LogP contribution in [-0.2, 0) is 12.0 Å². The lowest BCUT2D eigenvalue weighted by molar-refractivity contribution is 0.218. The molecular weight excluding hydrogens is 270 g/mol. The first-order valence-corrected chi connectivity index (χ1v) is 8.07. The second kappa shape index (κ2) is 5.30. The molecule has 2 aromatic rings. The van der Waals surface area contributed by atoms with Crippen molar-refractivity contribution in [1.29, 1.82) is 0 Å². The zero-order chi connectivity index (χ0) is 14.2. The van der Waals surface area contributed by atoms with E-state index < -0.39 is 0 Å². The molecule has 0 aliphatic carbocycles. The Morgan fingerprint density at radius 2 is 2.25 bits per heavy atom. The Bertz CT molecular complexity index is 556. The molecule has 0 aromatic carbocycles. The number of likely N-dealkylation sites (tertiary alicyclic amines) is 1. The number of nitrogens with zero attached hydrogens (tertiary/aromatic N) is 3. The van der Waals surface area contributed by atoms with Crippen LogP contribution in [0.3, 0.4) is 0 Å². The van der Waals surface area contributed by atoms with E-state index in [1.807, 2.05) is 0 Å². The van der Waals surface area contributed by atoms with E-state index in [0.29, 0.717) is 6.04 Å². The minimum absolute atomic E-state index is 0.0803. The minimum Gasteiger partial charge on any atom is -0.423 e. The van der Waals surface area contributed by atoms with Gasteiger partial charge in [-0.25, -0.2) is 0 Å². The van der Waals surface area contributed by atoms with Gasteiger partial charge in [-0.15, -0.1) is 10.2 Å². The van der Waals surface area contributed by atoms with Crippen molar-refractivity contribution in [3.8, 4) is 0 Å². The lowest BCUT2D eigenvalue weighted by Crippen LogP contribution is -2.22. The Morgan fingerprint density at radius 3 is 2.90 bits per heavy atom. The van der Waals surface area contributed by atoms with Gasteiger partial charge in [0.15, 0.2) is 0 Å². The Morgan fingerprint density at radius 1 is 1.40 bits per heavy atom. The van der Waals surface area contributed by atoms with E-state index in [1.165, 1.54) is 18.4 Å². The van der Waals surface area contributed by atoms with E-state index in [-0.39, 0.29) is 5.41 Å². The summed E-state index contributed by atoms with van der Waals surface area (Å²) in [5.74, 6) is 1.45. The van der Waals surface area contributed by atoms with Crippen LogP contribution < -0.4 is 0 Å². The Balaban J connectivity index is 1.72. The third-order valence-electron chi connectivity index (χ3n) is 3.74. The first-order chi connectivity index (χ1) is 9.54. The van der Waals surface area contributed by atoms with E-state index >= 15 is 0 Å². The van der Waals surface area contributed by atoms with Gasteiger partial charge in [0.05, 0.1) is 6.54 Å². The van der Waals surface area contributed by atoms with Crippen molar-refractivity contribution in [2.45, 2.75) is 51.6 Å². The van der Waals surface area contributed by atoms with Gasteiger partial charge in [-0.05, 0) is 41.8 Å². The van der Waals surface area contributed by atoms with E-state index in [1.54, 1.807) is 11.3 Å². The number of thiophene rings is 1. The van der Waals surface area contributed by atoms with Crippen LogP contribution in [0, 0.1) is 0 Å². The molecule has 1 aliphatic heterocycles. The number of rotatable bonds is 3. The smallest absolute Gasteiger partial charge is 0.230 e. The largest absolute Gasteiger partial charge is 0.423 e. The zero-order valence-corrected chi connectivity index (χ0v) is 13.1. The van der Waals surface area contributed by atoms with Crippen molar-refractivity contribution in [3.05, 3.63) is 34.2 Å². The normalized spacial score (nSPS) is 20.6. The van der Waals surface area contributed by atoms with Crippen molar-refractivity contribution in [2.75, 3.05) is 6.54 Å². The summed E-state index contributed by atoms with van der Waals surface area (Å²) in [4.78, 5) is 2.45. The van der Waals surface area contributed by atoms with E-state index in [4.69, 9.17) is 4.42 Å². The first-order valence-electron chi connectivity index (χ1n) is 7.13. The summed E-state index contributed by atoms with van der Waals surface area (Å²) in [6, 6.07) is 2.73. The van der Waals surface area contributed by atoms with Crippen molar-refractivity contribution in [1.82, 2.24) is 15.1 Å². The fourth-order valence-electron chi connectivity index (χ4n) is 2.65. The average molecular weight is 291 g/mol. The molecule has 1 fully saturated rings. The number of aromatic nitrogens is 2. The van der Waals surface area contributed by atoms with Crippen LogP contribution in [-0.4, -0.2) is 21.6 Å². The van der Waals surface area contributed by atoms with Crippen LogP contribution in [0.15, 0.2) is 21.2 Å². The summed E-state index contributed by atoms with van der Waals surface area (Å²) in [6.45, 7) is 8.13. The molecule has 3 heterocycles. The third kappa shape index (κ3) is 2.79. The third-order valence-corrected chi connectivity index (χ3v) is 4.44. The molecule has 0 radical (unpaired) electrons. The standard InChI is InChI=1S/C15H21N3OS/c1-15(2,3)14-17-16-13(19-14)9-18-7-4-5-12(18)11-6-8-20-10-11/h6,8,10,12H,4-5,7,9H2,1-3H3. The van der Waals surface area contributed by atoms with Gasteiger partial charge in [0.1, 0.15) is 0 Å². The Hall–Kier alpha value is -1.20. The second-order valence-corrected chi connectivity index (χ2v) is 7.22. The first kappa shape index (κ1) is 13.8. The highest BCUT2D eigenvalue weighted by molar-refractivity contribution is 7.07. The maximum atomic E-state index is 5.81. The summed E-state index contributed by atoms with van der Waals surface area (Å²) >= 11 is 1.76. The highest BCUT2D eigenvalue weighted by Crippen LogP contribution is 2.34. The summed E-state index contributed by atoms with van der Waals surface area (Å²) in [7, 11) is 0. The average Bonchev–Trinajstić information content (AvgIpc) is 3.08. The molecule has 4 nitrogen and oxygen atoms in total. The van der Waals surface area contributed by atoms with Gasteiger partial charge >= 0.3 is 0 Å². The van der Waals surface area contributed by atoms with Gasteiger partial charge in [-0.3, -0.25) is 4.90 Å². The van der Waals surface area contributed by atoms with Gasteiger partial charge in [0, 0.05) is 11.5 Å². The van der Waals surface area contributed by atoms with Crippen LogP contribution in [0.4, 0.5) is 0 Å². The Labute approximate surface area is 123 Å². The van der Waals surface area contributed by atoms with E-state index in [0.717, 1.165) is 24.9 Å². The summed E-state index contributed by atoms with van der Waals surface area (Å²) in [5.41, 5.74) is 1.34. The molecule has 20 heavy (non-hydrogen) atoms. The molecule has 1 aliphatic rings. The van der Waals surface area contributed by atoms with Gasteiger partial charge < -0.3 is 4.42 Å². The van der Waals surface area contributed by atoms with Gasteiger partial charge in [-0.2, -0.15) is 11.3 Å². The zero-order valence-electron chi connectivity index (χ0n) is 12.3. The molecule has 1 saturated heterocycles. The van der Waals surface area contributed by atoms with Crippen molar-refractivity contribution < 1.29 is 4.42 Å². The molecule has 108 valence electrons. The van der Waals surface area contributed by atoms with Gasteiger partial charge in [-0.1, -0.05) is 20.8 Å². The minimum atomic E-state index is -0.0803. The molecule has 0 saturated carbocycles. The molecular formula is C15H21N3OS. The maximum absolute atomic E-state index is 5.81. The van der Waals surface area contributed by atoms with Crippen LogP contribution in [0.5, 0.6) is 0 Å². The fourth-order valence-corrected chi connectivity index (χ4v) is 3.36. The highest BCUT2D eigenvalue weighted by Gasteiger charge is 2.28. The fraction of sp³-hybridized carbons (Fsp3) is 0.600. The molecule has 0 N–H and O–H groups in total. The second-order valence-electron chi connectivity index (χ2n) is 6.44. The quantitative estimate of drug-likeness (QED) is 0.863. The predicted octanol–water partition coefficient (Wildman–Crippen LogP) is 3.77. The van der Waals surface area contributed by atoms with Crippen LogP contribution in [0.2, 0.25) is 0 Å². The molecule has 1 atom stereocenters. The van der Waals surface area contributed by atoms with Crippen LogP contribution >= 0.6 is 11.3 Å². The molecule has 2 aromatic heterocycles. The monoisotopic (exact) mass is 291 g/mol. The molecule has 1 unspecified atom stereocenters. The Kier molecular flexibility index (Phi) is 3.65. The van der Waals surface area contributed by atoms with Crippen LogP contribution in [0.25, 0.3) is 0 Å². The maximum Gasteiger partial charge on any atom is 0.230 e. The van der Waals surface area contributed by atoms with Crippen LogP contribution in [0.1, 0.15) is 57.0 Å². The molecule has 0 spiro atoms. The lowest BCUT2D eigenvalue weighted by atomic mass is 9.97. The molecule has 5 heteroatoms. The van der Waals surface area contributed by atoms with Crippen molar-refractivity contribution >= 4 is 11.3 Å². The van der Waals surface area contributed by atoms with E-state index in [9.17, 15) is 0 Å². The van der Waals surface area contributed by atoms with Gasteiger partial charge in [0.25, 0.3) is 0 Å². The molecule has 0 bridgehead atoms. The predicted molar refractivity (Wildman–Crippen MR) is 79.7 cm³/mol. The summed E-state index contributed by atoms with van der Waals surface area (Å²) in [5, 5.41) is 12.8. The highest BCUT2D eigenvalue weighted by atomic mass is 32.1. The van der Waals surface area contributed by atoms with E-state index in [2.05, 4.69) is 52.7 Å². The molecule has 0 amide bonds. The number of hydrogen-bond acceptors (Lipinski definition) is 5. The van der Waals surface area contributed by atoms with Crippen molar-refractivity contribution in [3.63, 3.8) is 0 Å². The SMILES string of the molecule is CC(C)(C)c1nnc(CN2CCCC2c2ccsc2)o1.